The maximum atomic E-state index is 12.1. The fraction of sp³-hybridized carbons (Fsp3) is 0.222. The third kappa shape index (κ3) is 5.80. The minimum Gasteiger partial charge on any atom is -0.334 e. The first-order valence-electron chi connectivity index (χ1n) is 7.49. The van der Waals surface area contributed by atoms with Gasteiger partial charge in [0.15, 0.2) is 0 Å². The Bertz CT molecular complexity index is 728. The van der Waals surface area contributed by atoms with Gasteiger partial charge in [-0.2, -0.15) is 5.26 Å². The van der Waals surface area contributed by atoms with Gasteiger partial charge in [-0.15, -0.1) is 11.8 Å². The number of hydrogen-bond donors (Lipinski definition) is 2. The van der Waals surface area contributed by atoms with Crippen LogP contribution in [0.5, 0.6) is 0 Å². The number of carbonyl (C=O) groups is 1. The molecule has 124 valence electrons. The first-order valence-corrected chi connectivity index (χ1v) is 8.85. The lowest BCUT2D eigenvalue weighted by molar-refractivity contribution is 0.251. The van der Waals surface area contributed by atoms with Crippen molar-refractivity contribution in [2.45, 2.75) is 18.4 Å². The Morgan fingerprint density at radius 3 is 2.67 bits per heavy atom. The van der Waals surface area contributed by atoms with Crippen molar-refractivity contribution in [2.24, 2.45) is 5.92 Å². The molecule has 0 aromatic heterocycles. The molecule has 0 aliphatic rings. The van der Waals surface area contributed by atoms with Crippen LogP contribution in [-0.4, -0.2) is 11.8 Å². The molecule has 1 atom stereocenters. The Labute approximate surface area is 151 Å². The molecule has 4 nitrogen and oxygen atoms in total. The highest BCUT2D eigenvalue weighted by Crippen LogP contribution is 2.28. The molecular formula is C18H18ClN3OS. The number of carbonyl (C=O) groups excluding carboxylic acids is 1. The first kappa shape index (κ1) is 18.2. The number of hydrogen-bond acceptors (Lipinski definition) is 3. The molecular weight excluding hydrogens is 342 g/mol. The van der Waals surface area contributed by atoms with Gasteiger partial charge in [-0.25, -0.2) is 4.79 Å². The lowest BCUT2D eigenvalue weighted by Crippen LogP contribution is -2.28. The van der Waals surface area contributed by atoms with Crippen molar-refractivity contribution >= 4 is 35.1 Å². The molecule has 6 heteroatoms. The molecule has 24 heavy (non-hydrogen) atoms. The molecule has 0 saturated carbocycles. The van der Waals surface area contributed by atoms with Crippen LogP contribution in [0.3, 0.4) is 0 Å². The summed E-state index contributed by atoms with van der Waals surface area (Å²) in [6.07, 6.45) is 0. The predicted octanol–water partition coefficient (Wildman–Crippen LogP) is 4.91. The summed E-state index contributed by atoms with van der Waals surface area (Å²) in [5.41, 5.74) is 1.71. The summed E-state index contributed by atoms with van der Waals surface area (Å²) in [6, 6.07) is 16.8. The van der Waals surface area contributed by atoms with Crippen LogP contribution in [0.15, 0.2) is 53.4 Å². The second-order valence-corrected chi connectivity index (χ2v) is 6.77. The summed E-state index contributed by atoms with van der Waals surface area (Å²) in [6.45, 7) is 2.30. The minimum absolute atomic E-state index is 0.0400. The lowest BCUT2D eigenvalue weighted by atomic mass is 10.2. The number of anilines is 1. The second-order valence-electron chi connectivity index (χ2n) is 5.27. The molecule has 0 aliphatic carbocycles. The molecule has 0 fully saturated rings. The maximum Gasteiger partial charge on any atom is 0.319 e. The highest BCUT2D eigenvalue weighted by Gasteiger charge is 2.08. The van der Waals surface area contributed by atoms with Crippen molar-refractivity contribution in [3.63, 3.8) is 0 Å². The molecule has 2 amide bonds. The van der Waals surface area contributed by atoms with Crippen molar-refractivity contribution in [1.29, 1.82) is 5.26 Å². The third-order valence-corrected chi connectivity index (χ3v) is 4.80. The largest absolute Gasteiger partial charge is 0.334 e. The van der Waals surface area contributed by atoms with Crippen LogP contribution in [0, 0.1) is 17.2 Å². The quantitative estimate of drug-likeness (QED) is 0.720. The van der Waals surface area contributed by atoms with E-state index < -0.39 is 0 Å². The van der Waals surface area contributed by atoms with Gasteiger partial charge < -0.3 is 10.6 Å². The Balaban J connectivity index is 1.91. The normalized spacial score (nSPS) is 11.4. The van der Waals surface area contributed by atoms with E-state index in [0.717, 1.165) is 16.1 Å². The summed E-state index contributed by atoms with van der Waals surface area (Å²) < 4.78 is 0. The molecule has 2 rings (SSSR count). The van der Waals surface area contributed by atoms with Crippen LogP contribution in [0.4, 0.5) is 10.5 Å². The van der Waals surface area contributed by atoms with Crippen molar-refractivity contribution in [1.82, 2.24) is 5.32 Å². The number of nitrogens with zero attached hydrogens (tertiary/aromatic N) is 1. The van der Waals surface area contributed by atoms with E-state index in [1.165, 1.54) is 0 Å². The number of para-hydroxylation sites is 1. The number of amides is 2. The van der Waals surface area contributed by atoms with E-state index in [9.17, 15) is 4.79 Å². The molecule has 0 heterocycles. The molecule has 0 saturated heterocycles. The third-order valence-electron chi connectivity index (χ3n) is 3.21. The molecule has 0 bridgehead atoms. The summed E-state index contributed by atoms with van der Waals surface area (Å²) in [5, 5.41) is 15.2. The van der Waals surface area contributed by atoms with Gasteiger partial charge >= 0.3 is 6.03 Å². The summed E-state index contributed by atoms with van der Waals surface area (Å²) >= 11 is 7.40. The van der Waals surface area contributed by atoms with Crippen LogP contribution < -0.4 is 10.6 Å². The first-order chi connectivity index (χ1) is 11.6. The maximum absolute atomic E-state index is 12.1. The molecule has 2 aromatic rings. The van der Waals surface area contributed by atoms with Gasteiger partial charge in [-0.1, -0.05) is 35.9 Å². The van der Waals surface area contributed by atoms with Gasteiger partial charge in [0.1, 0.15) is 0 Å². The van der Waals surface area contributed by atoms with Crippen LogP contribution in [-0.2, 0) is 6.54 Å². The van der Waals surface area contributed by atoms with Crippen molar-refractivity contribution in [3.8, 4) is 6.07 Å². The number of benzene rings is 2. The highest BCUT2D eigenvalue weighted by molar-refractivity contribution is 7.99. The smallest absolute Gasteiger partial charge is 0.319 e. The Hall–Kier alpha value is -2.16. The molecule has 0 spiro atoms. The monoisotopic (exact) mass is 359 g/mol. The van der Waals surface area contributed by atoms with E-state index >= 15 is 0 Å². The van der Waals surface area contributed by atoms with Gasteiger partial charge in [0, 0.05) is 22.2 Å². The average molecular weight is 360 g/mol. The van der Waals surface area contributed by atoms with Crippen LogP contribution in [0.2, 0.25) is 5.02 Å². The van der Waals surface area contributed by atoms with Gasteiger partial charge in [0.05, 0.1) is 17.7 Å². The molecule has 2 aromatic carbocycles. The van der Waals surface area contributed by atoms with E-state index in [0.29, 0.717) is 17.3 Å². The number of rotatable bonds is 6. The van der Waals surface area contributed by atoms with Crippen LogP contribution >= 0.6 is 23.4 Å². The zero-order valence-corrected chi connectivity index (χ0v) is 14.8. The Kier molecular flexibility index (Phi) is 6.98. The fourth-order valence-corrected chi connectivity index (χ4v) is 2.98. The predicted molar refractivity (Wildman–Crippen MR) is 99.3 cm³/mol. The zero-order valence-electron chi connectivity index (χ0n) is 13.3. The molecule has 0 radical (unpaired) electrons. The van der Waals surface area contributed by atoms with Crippen LogP contribution in [0.1, 0.15) is 12.5 Å². The number of urea groups is 1. The number of nitrogens with one attached hydrogen (secondary N) is 2. The van der Waals surface area contributed by atoms with Crippen molar-refractivity contribution in [2.75, 3.05) is 11.1 Å². The average Bonchev–Trinajstić information content (AvgIpc) is 2.60. The minimum atomic E-state index is -0.272. The lowest BCUT2D eigenvalue weighted by Gasteiger charge is -2.12. The molecule has 2 N–H and O–H groups in total. The van der Waals surface area contributed by atoms with E-state index in [1.807, 2.05) is 43.3 Å². The standard InChI is InChI=1S/C18H18ClN3OS/c1-13(10-20)12-24-17-5-3-2-4-16(17)22-18(23)21-11-14-6-8-15(19)9-7-14/h2-9,13H,11-12H2,1H3,(H2,21,22,23). The molecule has 1 unspecified atom stereocenters. The van der Waals surface area contributed by atoms with E-state index in [4.69, 9.17) is 16.9 Å². The van der Waals surface area contributed by atoms with E-state index in [2.05, 4.69) is 16.7 Å². The Morgan fingerprint density at radius 1 is 1.25 bits per heavy atom. The highest BCUT2D eigenvalue weighted by atomic mass is 35.5. The van der Waals surface area contributed by atoms with Gasteiger partial charge in [-0.05, 0) is 36.8 Å². The van der Waals surface area contributed by atoms with Gasteiger partial charge in [-0.3, -0.25) is 0 Å². The zero-order chi connectivity index (χ0) is 17.4. The summed E-state index contributed by atoms with van der Waals surface area (Å²) in [5.74, 6) is 0.642. The fourth-order valence-electron chi connectivity index (χ4n) is 1.90. The van der Waals surface area contributed by atoms with Crippen molar-refractivity contribution < 1.29 is 4.79 Å². The van der Waals surface area contributed by atoms with E-state index in [1.54, 1.807) is 23.9 Å². The number of nitriles is 1. The molecule has 0 aliphatic heterocycles. The van der Waals surface area contributed by atoms with Crippen molar-refractivity contribution in [3.05, 3.63) is 59.1 Å². The SMILES string of the molecule is CC(C#N)CSc1ccccc1NC(=O)NCc1ccc(Cl)cc1. The Morgan fingerprint density at radius 2 is 1.96 bits per heavy atom. The number of halogens is 1. The van der Waals surface area contributed by atoms with Crippen LogP contribution in [0.25, 0.3) is 0 Å². The van der Waals surface area contributed by atoms with Gasteiger partial charge in [0.25, 0.3) is 0 Å². The van der Waals surface area contributed by atoms with Gasteiger partial charge in [0.2, 0.25) is 0 Å². The second kappa shape index (κ2) is 9.21. The summed E-state index contributed by atoms with van der Waals surface area (Å²) in [4.78, 5) is 13.0. The summed E-state index contributed by atoms with van der Waals surface area (Å²) in [7, 11) is 0. The topological polar surface area (TPSA) is 64.9 Å². The number of thioether (sulfide) groups is 1. The van der Waals surface area contributed by atoms with E-state index in [-0.39, 0.29) is 11.9 Å².